The minimum Gasteiger partial charge on any atom is -0.355 e. The zero-order chi connectivity index (χ0) is 16.7. The van der Waals surface area contributed by atoms with Crippen LogP contribution >= 0.6 is 11.8 Å². The van der Waals surface area contributed by atoms with Crippen molar-refractivity contribution in [3.63, 3.8) is 0 Å². The number of anilines is 1. The Balaban J connectivity index is 1.81. The molecule has 0 aromatic heterocycles. The van der Waals surface area contributed by atoms with Crippen molar-refractivity contribution in [3.8, 4) is 0 Å². The third-order valence-corrected chi connectivity index (χ3v) is 5.27. The van der Waals surface area contributed by atoms with Crippen LogP contribution in [0.3, 0.4) is 0 Å². The number of hydrogen-bond donors (Lipinski definition) is 2. The van der Waals surface area contributed by atoms with Gasteiger partial charge in [-0.05, 0) is 25.2 Å². The number of amides is 2. The van der Waals surface area contributed by atoms with E-state index in [4.69, 9.17) is 0 Å². The molecule has 0 fully saturated rings. The topological polar surface area (TPSA) is 61.4 Å². The molecule has 2 N–H and O–H groups in total. The molecule has 1 aliphatic rings. The van der Waals surface area contributed by atoms with Crippen LogP contribution < -0.4 is 10.6 Å². The van der Waals surface area contributed by atoms with E-state index in [0.717, 1.165) is 30.2 Å². The molecular formula is C17H25N3O2S. The molecule has 6 heteroatoms. The average Bonchev–Trinajstić information content (AvgIpc) is 2.71. The smallest absolute Gasteiger partial charge is 0.228 e. The zero-order valence-electron chi connectivity index (χ0n) is 13.8. The van der Waals surface area contributed by atoms with Crippen LogP contribution in [-0.2, 0) is 9.59 Å². The van der Waals surface area contributed by atoms with Crippen molar-refractivity contribution >= 4 is 29.3 Å². The molecule has 0 unspecified atom stereocenters. The lowest BCUT2D eigenvalue weighted by Gasteiger charge is -2.18. The molecule has 0 aliphatic carbocycles. The fourth-order valence-corrected chi connectivity index (χ4v) is 3.64. The van der Waals surface area contributed by atoms with E-state index in [1.54, 1.807) is 11.8 Å². The number of hydrogen-bond acceptors (Lipinski definition) is 4. The van der Waals surface area contributed by atoms with E-state index < -0.39 is 0 Å². The van der Waals surface area contributed by atoms with E-state index in [0.29, 0.717) is 12.3 Å². The molecular weight excluding hydrogens is 310 g/mol. The van der Waals surface area contributed by atoms with Gasteiger partial charge in [0, 0.05) is 30.2 Å². The Morgan fingerprint density at radius 1 is 1.35 bits per heavy atom. The lowest BCUT2D eigenvalue weighted by Crippen LogP contribution is -2.37. The SMILES string of the molecule is CCN(CC)CCNC(=O)C[C@H]1CSc2ccccc2NC1=O. The second kappa shape index (κ2) is 8.93. The van der Waals surface area contributed by atoms with Crippen molar-refractivity contribution in [2.75, 3.05) is 37.2 Å². The molecule has 5 nitrogen and oxygen atoms in total. The number of rotatable bonds is 7. The maximum atomic E-state index is 12.3. The van der Waals surface area contributed by atoms with Gasteiger partial charge in [0.25, 0.3) is 0 Å². The Hall–Kier alpha value is -1.53. The van der Waals surface area contributed by atoms with Crippen LogP contribution in [0, 0.1) is 5.92 Å². The highest BCUT2D eigenvalue weighted by molar-refractivity contribution is 7.99. The summed E-state index contributed by atoms with van der Waals surface area (Å²) in [6.07, 6.45) is 0.241. The van der Waals surface area contributed by atoms with Crippen LogP contribution in [0.4, 0.5) is 5.69 Å². The number of nitrogens with one attached hydrogen (secondary N) is 2. The second-order valence-electron chi connectivity index (χ2n) is 5.57. The van der Waals surface area contributed by atoms with E-state index in [2.05, 4.69) is 29.4 Å². The summed E-state index contributed by atoms with van der Waals surface area (Å²) >= 11 is 1.63. The number of thioether (sulfide) groups is 1. The van der Waals surface area contributed by atoms with Gasteiger partial charge < -0.3 is 15.5 Å². The molecule has 1 aromatic rings. The lowest BCUT2D eigenvalue weighted by molar-refractivity contribution is -0.126. The highest BCUT2D eigenvalue weighted by Crippen LogP contribution is 2.32. The lowest BCUT2D eigenvalue weighted by atomic mass is 10.1. The number of fused-ring (bicyclic) bond motifs is 1. The standard InChI is InChI=1S/C17H25N3O2S/c1-3-20(4-2)10-9-18-16(21)11-13-12-23-15-8-6-5-7-14(15)19-17(13)22/h5-8,13H,3-4,9-12H2,1-2H3,(H,18,21)(H,19,22)/t13-/m0/s1. The van der Waals surface area contributed by atoms with Gasteiger partial charge in [0.15, 0.2) is 0 Å². The Morgan fingerprint density at radius 2 is 2.09 bits per heavy atom. The summed E-state index contributed by atoms with van der Waals surface area (Å²) in [4.78, 5) is 27.7. The fraction of sp³-hybridized carbons (Fsp3) is 0.529. The predicted octanol–water partition coefficient (Wildman–Crippen LogP) is 2.20. The predicted molar refractivity (Wildman–Crippen MR) is 94.7 cm³/mol. The van der Waals surface area contributed by atoms with E-state index in [1.807, 2.05) is 24.3 Å². The number of nitrogens with zero attached hydrogens (tertiary/aromatic N) is 1. The molecule has 126 valence electrons. The summed E-state index contributed by atoms with van der Waals surface area (Å²) < 4.78 is 0. The van der Waals surface area contributed by atoms with Crippen molar-refractivity contribution in [1.82, 2.24) is 10.2 Å². The van der Waals surface area contributed by atoms with Crippen LogP contribution in [0.1, 0.15) is 20.3 Å². The van der Waals surface area contributed by atoms with Crippen LogP contribution in [0.25, 0.3) is 0 Å². The number of carbonyl (C=O) groups excluding carboxylic acids is 2. The number of benzene rings is 1. The minimum atomic E-state index is -0.291. The number of likely N-dealkylation sites (N-methyl/N-ethyl adjacent to an activating group) is 1. The van der Waals surface area contributed by atoms with Gasteiger partial charge in [-0.2, -0.15) is 0 Å². The summed E-state index contributed by atoms with van der Waals surface area (Å²) in [5.41, 5.74) is 0.840. The van der Waals surface area contributed by atoms with E-state index in [-0.39, 0.29) is 24.2 Å². The molecule has 1 aromatic carbocycles. The van der Waals surface area contributed by atoms with Crippen molar-refractivity contribution in [1.29, 1.82) is 0 Å². The maximum absolute atomic E-state index is 12.3. The molecule has 0 radical (unpaired) electrons. The minimum absolute atomic E-state index is 0.0520. The van der Waals surface area contributed by atoms with E-state index in [1.165, 1.54) is 0 Å². The molecule has 2 rings (SSSR count). The third kappa shape index (κ3) is 5.25. The average molecular weight is 335 g/mol. The van der Waals surface area contributed by atoms with Gasteiger partial charge in [0.2, 0.25) is 11.8 Å². The highest BCUT2D eigenvalue weighted by Gasteiger charge is 2.26. The van der Waals surface area contributed by atoms with Gasteiger partial charge in [-0.1, -0.05) is 26.0 Å². The monoisotopic (exact) mass is 335 g/mol. The van der Waals surface area contributed by atoms with Gasteiger partial charge in [-0.15, -0.1) is 11.8 Å². The Bertz CT molecular complexity index is 546. The Kier molecular flexibility index (Phi) is 6.92. The van der Waals surface area contributed by atoms with Crippen LogP contribution in [0.5, 0.6) is 0 Å². The van der Waals surface area contributed by atoms with E-state index in [9.17, 15) is 9.59 Å². The number of para-hydroxylation sites is 1. The molecule has 1 heterocycles. The quantitative estimate of drug-likeness (QED) is 0.802. The summed E-state index contributed by atoms with van der Waals surface area (Å²) in [6.45, 7) is 7.64. The molecule has 0 saturated carbocycles. The highest BCUT2D eigenvalue weighted by atomic mass is 32.2. The fourth-order valence-electron chi connectivity index (χ4n) is 2.54. The van der Waals surface area contributed by atoms with Crippen LogP contribution in [-0.4, -0.2) is 48.6 Å². The maximum Gasteiger partial charge on any atom is 0.228 e. The largest absolute Gasteiger partial charge is 0.355 e. The van der Waals surface area contributed by atoms with Crippen molar-refractivity contribution in [3.05, 3.63) is 24.3 Å². The van der Waals surface area contributed by atoms with Crippen LogP contribution in [0.15, 0.2) is 29.2 Å². The molecule has 1 atom stereocenters. The van der Waals surface area contributed by atoms with Crippen LogP contribution in [0.2, 0.25) is 0 Å². The normalized spacial score (nSPS) is 17.3. The van der Waals surface area contributed by atoms with Gasteiger partial charge in [-0.3, -0.25) is 9.59 Å². The molecule has 23 heavy (non-hydrogen) atoms. The first-order valence-corrected chi connectivity index (χ1v) is 9.14. The Labute approximate surface area is 142 Å². The Morgan fingerprint density at radius 3 is 2.83 bits per heavy atom. The van der Waals surface area contributed by atoms with Gasteiger partial charge in [-0.25, -0.2) is 0 Å². The summed E-state index contributed by atoms with van der Waals surface area (Å²) in [5, 5.41) is 5.84. The van der Waals surface area contributed by atoms with Gasteiger partial charge >= 0.3 is 0 Å². The molecule has 2 amide bonds. The van der Waals surface area contributed by atoms with Crippen molar-refractivity contribution in [2.45, 2.75) is 25.2 Å². The molecule has 0 saturated heterocycles. The van der Waals surface area contributed by atoms with Crippen molar-refractivity contribution < 1.29 is 9.59 Å². The molecule has 0 bridgehead atoms. The first-order chi connectivity index (χ1) is 11.1. The first kappa shape index (κ1) is 17.8. The van der Waals surface area contributed by atoms with Gasteiger partial charge in [0.05, 0.1) is 11.6 Å². The van der Waals surface area contributed by atoms with Gasteiger partial charge in [0.1, 0.15) is 0 Å². The second-order valence-corrected chi connectivity index (χ2v) is 6.64. The summed E-state index contributed by atoms with van der Waals surface area (Å²) in [6, 6.07) is 7.75. The first-order valence-electron chi connectivity index (χ1n) is 8.15. The molecule has 0 spiro atoms. The van der Waals surface area contributed by atoms with E-state index >= 15 is 0 Å². The summed E-state index contributed by atoms with van der Waals surface area (Å²) in [7, 11) is 0. The summed E-state index contributed by atoms with van der Waals surface area (Å²) in [5.74, 6) is 0.220. The number of carbonyl (C=O) groups is 2. The zero-order valence-corrected chi connectivity index (χ0v) is 14.6. The van der Waals surface area contributed by atoms with Crippen molar-refractivity contribution in [2.24, 2.45) is 5.92 Å². The third-order valence-electron chi connectivity index (χ3n) is 4.03. The molecule has 1 aliphatic heterocycles.